The van der Waals surface area contributed by atoms with Crippen molar-refractivity contribution < 1.29 is 14.7 Å². The molecule has 3 N–H and O–H groups in total. The molecule has 108 valence electrons. The second-order valence-corrected chi connectivity index (χ2v) is 5.40. The molecule has 6 heteroatoms. The molecular formula is C14H19N3O3. The molecule has 1 atom stereocenters. The summed E-state index contributed by atoms with van der Waals surface area (Å²) in [7, 11) is 0. The average Bonchev–Trinajstić information content (AvgIpc) is 3.22. The van der Waals surface area contributed by atoms with Crippen LogP contribution in [0.2, 0.25) is 0 Å². The van der Waals surface area contributed by atoms with Gasteiger partial charge < -0.3 is 15.7 Å². The van der Waals surface area contributed by atoms with Crippen molar-refractivity contribution in [3.8, 4) is 0 Å². The number of urea groups is 1. The Hall–Kier alpha value is -2.11. The zero-order chi connectivity index (χ0) is 14.8. The minimum Gasteiger partial charge on any atom is -0.480 e. The molecule has 1 fully saturated rings. The van der Waals surface area contributed by atoms with E-state index in [1.54, 1.807) is 13.1 Å². The Bertz CT molecular complexity index is 511. The first kappa shape index (κ1) is 14.3. The number of hydrogen-bond acceptors (Lipinski definition) is 3. The van der Waals surface area contributed by atoms with Gasteiger partial charge in [0, 0.05) is 18.4 Å². The highest BCUT2D eigenvalue weighted by molar-refractivity contribution is 5.86. The largest absolute Gasteiger partial charge is 0.480 e. The molecule has 1 unspecified atom stereocenters. The van der Waals surface area contributed by atoms with Crippen LogP contribution in [0.5, 0.6) is 0 Å². The van der Waals surface area contributed by atoms with Crippen molar-refractivity contribution in [3.63, 3.8) is 0 Å². The van der Waals surface area contributed by atoms with Gasteiger partial charge in [0.1, 0.15) is 5.54 Å². The molecule has 2 amide bonds. The molecule has 1 aromatic rings. The van der Waals surface area contributed by atoms with Gasteiger partial charge in [-0.3, -0.25) is 4.98 Å². The molecule has 6 nitrogen and oxygen atoms in total. The van der Waals surface area contributed by atoms with Crippen molar-refractivity contribution >= 4 is 12.0 Å². The van der Waals surface area contributed by atoms with Gasteiger partial charge in [-0.25, -0.2) is 9.59 Å². The highest BCUT2D eigenvalue weighted by atomic mass is 16.4. The molecule has 0 bridgehead atoms. The molecule has 1 saturated carbocycles. The Morgan fingerprint density at radius 1 is 1.45 bits per heavy atom. The lowest BCUT2D eigenvalue weighted by Crippen LogP contribution is -2.56. The van der Waals surface area contributed by atoms with E-state index < -0.39 is 17.5 Å². The van der Waals surface area contributed by atoms with E-state index in [1.807, 2.05) is 19.1 Å². The second kappa shape index (κ2) is 5.48. The summed E-state index contributed by atoms with van der Waals surface area (Å²) in [6.45, 7) is 3.76. The van der Waals surface area contributed by atoms with Crippen LogP contribution in [0.3, 0.4) is 0 Å². The Kier molecular flexibility index (Phi) is 3.92. The number of carbonyl (C=O) groups excluding carboxylic acids is 1. The van der Waals surface area contributed by atoms with E-state index in [0.29, 0.717) is 6.54 Å². The summed E-state index contributed by atoms with van der Waals surface area (Å²) in [5.74, 6) is -0.973. The minimum atomic E-state index is -1.18. The molecule has 1 aliphatic carbocycles. The number of aliphatic carboxylic acids is 1. The van der Waals surface area contributed by atoms with Gasteiger partial charge in [-0.2, -0.15) is 0 Å². The normalized spacial score (nSPS) is 17.1. The summed E-state index contributed by atoms with van der Waals surface area (Å²) in [6.07, 6.45) is 3.36. The quantitative estimate of drug-likeness (QED) is 0.759. The van der Waals surface area contributed by atoms with Crippen molar-refractivity contribution in [3.05, 3.63) is 29.6 Å². The van der Waals surface area contributed by atoms with Crippen molar-refractivity contribution in [1.29, 1.82) is 0 Å². The maximum Gasteiger partial charge on any atom is 0.329 e. The first-order chi connectivity index (χ1) is 9.41. The standard InChI is InChI=1S/C14H19N3O3/c1-9-3-4-10(7-15-9)8-16-13(20)17-14(2,12(18)19)11-5-6-11/h3-4,7,11H,5-6,8H2,1-2H3,(H,18,19)(H2,16,17,20). The summed E-state index contributed by atoms with van der Waals surface area (Å²) in [6, 6.07) is 3.27. The SMILES string of the molecule is Cc1ccc(CNC(=O)NC(C)(C(=O)O)C2CC2)cn1. The fourth-order valence-corrected chi connectivity index (χ4v) is 2.06. The van der Waals surface area contributed by atoms with Crippen molar-refractivity contribution in [2.45, 2.75) is 38.8 Å². The van der Waals surface area contributed by atoms with Gasteiger partial charge in [-0.15, -0.1) is 0 Å². The van der Waals surface area contributed by atoms with Crippen LogP contribution >= 0.6 is 0 Å². The number of rotatable bonds is 5. The second-order valence-electron chi connectivity index (χ2n) is 5.40. The Morgan fingerprint density at radius 3 is 2.65 bits per heavy atom. The number of aryl methyl sites for hydroxylation is 1. The number of carbonyl (C=O) groups is 2. The fraction of sp³-hybridized carbons (Fsp3) is 0.500. The van der Waals surface area contributed by atoms with Crippen molar-refractivity contribution in [2.24, 2.45) is 5.92 Å². The number of amides is 2. The molecule has 0 aliphatic heterocycles. The Morgan fingerprint density at radius 2 is 2.15 bits per heavy atom. The molecule has 1 aliphatic rings. The summed E-state index contributed by atoms with van der Waals surface area (Å²) in [5.41, 5.74) is 0.592. The highest BCUT2D eigenvalue weighted by Crippen LogP contribution is 2.39. The number of pyridine rings is 1. The van der Waals surface area contributed by atoms with Gasteiger partial charge in [0.05, 0.1) is 0 Å². The zero-order valence-corrected chi connectivity index (χ0v) is 11.6. The van der Waals surface area contributed by atoms with E-state index in [-0.39, 0.29) is 5.92 Å². The van der Waals surface area contributed by atoms with Gasteiger partial charge in [-0.05, 0) is 44.2 Å². The van der Waals surface area contributed by atoms with Gasteiger partial charge in [0.25, 0.3) is 0 Å². The number of carboxylic acids is 1. The maximum atomic E-state index is 11.8. The molecule has 0 aromatic carbocycles. The molecule has 0 radical (unpaired) electrons. The summed E-state index contributed by atoms with van der Waals surface area (Å²) >= 11 is 0. The number of carboxylic acid groups (broad SMARTS) is 1. The number of nitrogens with one attached hydrogen (secondary N) is 2. The van der Waals surface area contributed by atoms with Crippen LogP contribution in [0.4, 0.5) is 4.79 Å². The molecule has 1 heterocycles. The van der Waals surface area contributed by atoms with E-state index in [9.17, 15) is 14.7 Å². The number of hydrogen-bond donors (Lipinski definition) is 3. The lowest BCUT2D eigenvalue weighted by atomic mass is 9.96. The van der Waals surface area contributed by atoms with Crippen LogP contribution in [0.1, 0.15) is 31.0 Å². The van der Waals surface area contributed by atoms with Gasteiger partial charge in [-0.1, -0.05) is 6.07 Å². The van der Waals surface area contributed by atoms with Gasteiger partial charge in [0.2, 0.25) is 0 Å². The third-order valence-corrected chi connectivity index (χ3v) is 3.64. The number of nitrogens with zero attached hydrogens (tertiary/aromatic N) is 1. The van der Waals surface area contributed by atoms with E-state index in [2.05, 4.69) is 15.6 Å². The van der Waals surface area contributed by atoms with Crippen molar-refractivity contribution in [1.82, 2.24) is 15.6 Å². The predicted octanol–water partition coefficient (Wildman–Crippen LogP) is 1.44. The molecule has 20 heavy (non-hydrogen) atoms. The van der Waals surface area contributed by atoms with Gasteiger partial charge in [0.15, 0.2) is 0 Å². The Balaban J connectivity index is 1.88. The minimum absolute atomic E-state index is 0.0202. The van der Waals surface area contributed by atoms with E-state index in [0.717, 1.165) is 24.1 Å². The Labute approximate surface area is 117 Å². The summed E-state index contributed by atoms with van der Waals surface area (Å²) < 4.78 is 0. The summed E-state index contributed by atoms with van der Waals surface area (Å²) in [4.78, 5) is 27.3. The molecule has 2 rings (SSSR count). The van der Waals surface area contributed by atoms with Crippen LogP contribution in [0.25, 0.3) is 0 Å². The molecule has 0 saturated heterocycles. The molecular weight excluding hydrogens is 258 g/mol. The lowest BCUT2D eigenvalue weighted by molar-refractivity contribution is -0.144. The van der Waals surface area contributed by atoms with Crippen LogP contribution in [-0.4, -0.2) is 27.6 Å². The van der Waals surface area contributed by atoms with E-state index in [1.165, 1.54) is 0 Å². The summed E-state index contributed by atoms with van der Waals surface area (Å²) in [5, 5.41) is 14.5. The highest BCUT2D eigenvalue weighted by Gasteiger charge is 2.48. The third-order valence-electron chi connectivity index (χ3n) is 3.64. The van der Waals surface area contributed by atoms with Crippen LogP contribution < -0.4 is 10.6 Å². The van der Waals surface area contributed by atoms with E-state index >= 15 is 0 Å². The van der Waals surface area contributed by atoms with E-state index in [4.69, 9.17) is 0 Å². The van der Waals surface area contributed by atoms with Crippen LogP contribution in [0, 0.1) is 12.8 Å². The lowest BCUT2D eigenvalue weighted by Gasteiger charge is -2.26. The first-order valence-electron chi connectivity index (χ1n) is 6.63. The topological polar surface area (TPSA) is 91.3 Å². The smallest absolute Gasteiger partial charge is 0.329 e. The monoisotopic (exact) mass is 277 g/mol. The van der Waals surface area contributed by atoms with Crippen LogP contribution in [0.15, 0.2) is 18.3 Å². The van der Waals surface area contributed by atoms with Crippen LogP contribution in [-0.2, 0) is 11.3 Å². The molecule has 1 aromatic heterocycles. The van der Waals surface area contributed by atoms with Crippen molar-refractivity contribution in [2.75, 3.05) is 0 Å². The average molecular weight is 277 g/mol. The number of aromatic nitrogens is 1. The fourth-order valence-electron chi connectivity index (χ4n) is 2.06. The predicted molar refractivity (Wildman–Crippen MR) is 73.1 cm³/mol. The van der Waals surface area contributed by atoms with Gasteiger partial charge >= 0.3 is 12.0 Å². The third kappa shape index (κ3) is 3.26. The zero-order valence-electron chi connectivity index (χ0n) is 11.6. The molecule has 0 spiro atoms. The maximum absolute atomic E-state index is 11.8. The first-order valence-corrected chi connectivity index (χ1v) is 6.63.